The molecule has 172 valence electrons. The van der Waals surface area contributed by atoms with Crippen LogP contribution in [0.4, 0.5) is 0 Å². The average molecular weight is 389 g/mol. The molecule has 0 aliphatic rings. The van der Waals surface area contributed by atoms with Crippen LogP contribution in [-0.2, 0) is 0 Å². The number of rotatable bonds is 11. The van der Waals surface area contributed by atoms with Crippen molar-refractivity contribution in [3.8, 4) is 0 Å². The summed E-state index contributed by atoms with van der Waals surface area (Å²) in [5.41, 5.74) is 0. The van der Waals surface area contributed by atoms with E-state index in [9.17, 15) is 0 Å². The Morgan fingerprint density at radius 3 is 0.593 bits per heavy atom. The molecule has 0 N–H and O–H groups in total. The van der Waals surface area contributed by atoms with Crippen molar-refractivity contribution in [1.82, 2.24) is 0 Å². The lowest BCUT2D eigenvalue weighted by Crippen LogP contribution is -1.81. The number of unbranched alkanes of at least 4 members (excludes halogenated alkanes) is 9. The minimum atomic E-state index is 0.898. The largest absolute Gasteiger partial charge is 0.0654 e. The molecule has 0 rings (SSSR count). The Hall–Kier alpha value is 0. The van der Waals surface area contributed by atoms with Crippen molar-refractivity contribution in [2.45, 2.75) is 172 Å². The molecule has 0 nitrogen and oxygen atoms in total. The first kappa shape index (κ1) is 37.7. The van der Waals surface area contributed by atoms with Gasteiger partial charge in [0.15, 0.2) is 0 Å². The molecule has 0 atom stereocenters. The Morgan fingerprint density at radius 1 is 0.333 bits per heavy atom. The van der Waals surface area contributed by atoms with Crippen LogP contribution in [0.15, 0.2) is 0 Å². The van der Waals surface area contributed by atoms with Gasteiger partial charge in [-0.2, -0.15) is 0 Å². The fraction of sp³-hybridized carbons (Fsp3) is 1.00. The first-order valence-electron chi connectivity index (χ1n) is 12.9. The van der Waals surface area contributed by atoms with E-state index in [0.717, 1.165) is 5.92 Å². The van der Waals surface area contributed by atoms with Gasteiger partial charge in [0.05, 0.1) is 0 Å². The SMILES string of the molecule is CCCC(C)C.CCCCC.CCCCC.CCCCC.CCCCCC. The third-order valence-corrected chi connectivity index (χ3v) is 3.94. The van der Waals surface area contributed by atoms with E-state index in [2.05, 4.69) is 76.2 Å². The van der Waals surface area contributed by atoms with Gasteiger partial charge < -0.3 is 0 Å². The quantitative estimate of drug-likeness (QED) is 0.308. The van der Waals surface area contributed by atoms with E-state index >= 15 is 0 Å². The van der Waals surface area contributed by atoms with Crippen molar-refractivity contribution in [2.24, 2.45) is 5.92 Å². The maximum absolute atomic E-state index is 2.25. The summed E-state index contributed by atoms with van der Waals surface area (Å²) >= 11 is 0. The molecule has 0 heteroatoms. The van der Waals surface area contributed by atoms with Gasteiger partial charge in [-0.25, -0.2) is 0 Å². The summed E-state index contributed by atoms with van der Waals surface area (Å²) in [5, 5.41) is 0. The Balaban J connectivity index is -0.0000000749. The van der Waals surface area contributed by atoms with Crippen molar-refractivity contribution < 1.29 is 0 Å². The highest BCUT2D eigenvalue weighted by atomic mass is 13.9. The van der Waals surface area contributed by atoms with Crippen molar-refractivity contribution in [1.29, 1.82) is 0 Å². The molecule has 0 saturated heterocycles. The fourth-order valence-corrected chi connectivity index (χ4v) is 2.14. The van der Waals surface area contributed by atoms with Crippen LogP contribution >= 0.6 is 0 Å². The molecule has 0 radical (unpaired) electrons. The van der Waals surface area contributed by atoms with E-state index < -0.39 is 0 Å². The minimum Gasteiger partial charge on any atom is -0.0654 e. The highest BCUT2D eigenvalue weighted by Gasteiger charge is 1.85. The Kier molecular flexibility index (Phi) is 70.1. The standard InChI is InChI=1S/2C6H14.3C5H12/c1-4-5-6(2)3;1-3-5-6-4-2;3*1-3-5-4-2/h6H,4-5H2,1-3H3;3-6H2,1-2H3;3*3-5H2,1-2H3. The summed E-state index contributed by atoms with van der Waals surface area (Å²) in [5.74, 6) is 0.898. The molecular weight excluding hydrogens is 324 g/mol. The van der Waals surface area contributed by atoms with Gasteiger partial charge in [-0.3, -0.25) is 0 Å². The van der Waals surface area contributed by atoms with Crippen LogP contribution in [0.1, 0.15) is 172 Å². The molecule has 0 aliphatic heterocycles. The Labute approximate surface area is 178 Å². The van der Waals surface area contributed by atoms with Crippen LogP contribution < -0.4 is 0 Å². The summed E-state index contributed by atoms with van der Waals surface area (Å²) in [6, 6.07) is 0. The topological polar surface area (TPSA) is 0 Å². The van der Waals surface area contributed by atoms with Gasteiger partial charge in [-0.05, 0) is 5.92 Å². The van der Waals surface area contributed by atoms with Crippen molar-refractivity contribution >= 4 is 0 Å². The smallest absolute Gasteiger partial charge is 0.0471 e. The molecule has 0 aromatic rings. The van der Waals surface area contributed by atoms with Crippen LogP contribution in [0.3, 0.4) is 0 Å². The third kappa shape index (κ3) is 104. The van der Waals surface area contributed by atoms with Crippen molar-refractivity contribution in [2.75, 3.05) is 0 Å². The lowest BCUT2D eigenvalue weighted by molar-refractivity contribution is 0.576. The third-order valence-electron chi connectivity index (χ3n) is 3.94. The molecule has 0 aromatic carbocycles. The molecule has 0 bridgehead atoms. The van der Waals surface area contributed by atoms with Crippen LogP contribution in [0.2, 0.25) is 0 Å². The zero-order valence-corrected chi connectivity index (χ0v) is 22.2. The second-order valence-corrected chi connectivity index (χ2v) is 7.95. The van der Waals surface area contributed by atoms with Crippen LogP contribution in [0.5, 0.6) is 0 Å². The van der Waals surface area contributed by atoms with Gasteiger partial charge in [-0.1, -0.05) is 172 Å². The number of hydrogen-bond donors (Lipinski definition) is 0. The van der Waals surface area contributed by atoms with E-state index in [4.69, 9.17) is 0 Å². The predicted octanol–water partition coefficient (Wildman–Crippen LogP) is 11.6. The molecule has 0 aliphatic carbocycles. The van der Waals surface area contributed by atoms with Crippen LogP contribution in [0.25, 0.3) is 0 Å². The highest BCUT2D eigenvalue weighted by Crippen LogP contribution is 2.00. The Morgan fingerprint density at radius 2 is 0.556 bits per heavy atom. The molecule has 0 aromatic heterocycles. The first-order valence-corrected chi connectivity index (χ1v) is 12.9. The molecule has 0 unspecified atom stereocenters. The van der Waals surface area contributed by atoms with Gasteiger partial charge in [0.1, 0.15) is 0 Å². The van der Waals surface area contributed by atoms with Crippen LogP contribution in [0, 0.1) is 5.92 Å². The van der Waals surface area contributed by atoms with E-state index in [1.165, 1.54) is 96.3 Å². The molecule has 0 spiro atoms. The number of hydrogen-bond acceptors (Lipinski definition) is 0. The minimum absolute atomic E-state index is 0.898. The summed E-state index contributed by atoms with van der Waals surface area (Å²) in [4.78, 5) is 0. The van der Waals surface area contributed by atoms with Crippen molar-refractivity contribution in [3.63, 3.8) is 0 Å². The van der Waals surface area contributed by atoms with Gasteiger partial charge >= 0.3 is 0 Å². The van der Waals surface area contributed by atoms with Gasteiger partial charge in [0.2, 0.25) is 0 Å². The molecular formula is C27H64. The first-order chi connectivity index (χ1) is 12.9. The van der Waals surface area contributed by atoms with Crippen LogP contribution in [-0.4, -0.2) is 0 Å². The molecule has 0 fully saturated rings. The van der Waals surface area contributed by atoms with E-state index in [1.54, 1.807) is 0 Å². The van der Waals surface area contributed by atoms with Crippen molar-refractivity contribution in [3.05, 3.63) is 0 Å². The molecule has 0 amide bonds. The molecule has 0 saturated carbocycles. The lowest BCUT2D eigenvalue weighted by Gasteiger charge is -1.95. The average Bonchev–Trinajstić information content (AvgIpc) is 2.64. The Bertz CT molecular complexity index is 124. The fourth-order valence-electron chi connectivity index (χ4n) is 2.14. The normalized spacial score (nSPS) is 8.89. The summed E-state index contributed by atoms with van der Waals surface area (Å²) in [6.07, 6.45) is 20.5. The van der Waals surface area contributed by atoms with E-state index in [1.807, 2.05) is 0 Å². The molecule has 27 heavy (non-hydrogen) atoms. The zero-order valence-electron chi connectivity index (χ0n) is 22.2. The second-order valence-electron chi connectivity index (χ2n) is 7.95. The summed E-state index contributed by atoms with van der Waals surface area (Å²) in [7, 11) is 0. The highest BCUT2D eigenvalue weighted by molar-refractivity contribution is 4.38. The van der Waals surface area contributed by atoms with Gasteiger partial charge in [0, 0.05) is 0 Å². The summed E-state index contributed by atoms with van der Waals surface area (Å²) in [6.45, 7) is 24.5. The monoisotopic (exact) mass is 389 g/mol. The van der Waals surface area contributed by atoms with E-state index in [0.29, 0.717) is 0 Å². The predicted molar refractivity (Wildman–Crippen MR) is 135 cm³/mol. The van der Waals surface area contributed by atoms with Gasteiger partial charge in [-0.15, -0.1) is 0 Å². The maximum atomic E-state index is 2.25. The zero-order chi connectivity index (χ0) is 22.2. The summed E-state index contributed by atoms with van der Waals surface area (Å²) < 4.78 is 0. The molecule has 0 heterocycles. The lowest BCUT2D eigenvalue weighted by atomic mass is 10.1. The van der Waals surface area contributed by atoms with Gasteiger partial charge in [0.25, 0.3) is 0 Å². The second kappa shape index (κ2) is 50.2. The maximum Gasteiger partial charge on any atom is -0.0471 e. The van der Waals surface area contributed by atoms with E-state index in [-0.39, 0.29) is 0 Å².